The first-order valence-electron chi connectivity index (χ1n) is 8.86. The standard InChI is InChI=1S/C20H34O2/c1-6-18(3,22)12-13-19(4)15(2)10-11-20(5)16(14-21)8-7-9-17(19)20/h6,8,15,17,21-22H,1,7,9-14H2,2-5H3. The summed E-state index contributed by atoms with van der Waals surface area (Å²) in [5.41, 5.74) is 0.821. The maximum absolute atomic E-state index is 10.3. The Kier molecular flexibility index (Phi) is 4.94. The Hall–Kier alpha value is -0.600. The van der Waals surface area contributed by atoms with Crippen LogP contribution in [0.1, 0.15) is 66.2 Å². The zero-order chi connectivity index (χ0) is 16.6. The molecule has 2 N–H and O–H groups in total. The molecule has 0 aliphatic heterocycles. The molecule has 2 nitrogen and oxygen atoms in total. The second kappa shape index (κ2) is 6.13. The number of hydrogen-bond acceptors (Lipinski definition) is 2. The number of allylic oxidation sites excluding steroid dienone is 1. The molecule has 0 aromatic heterocycles. The summed E-state index contributed by atoms with van der Waals surface area (Å²) in [6.45, 7) is 13.0. The van der Waals surface area contributed by atoms with Crippen molar-refractivity contribution in [3.8, 4) is 0 Å². The van der Waals surface area contributed by atoms with Gasteiger partial charge in [0.1, 0.15) is 0 Å². The van der Waals surface area contributed by atoms with Crippen LogP contribution >= 0.6 is 0 Å². The molecule has 2 aliphatic rings. The number of aliphatic hydroxyl groups is 2. The van der Waals surface area contributed by atoms with Crippen LogP contribution in [-0.4, -0.2) is 22.4 Å². The van der Waals surface area contributed by atoms with Crippen molar-refractivity contribution >= 4 is 0 Å². The van der Waals surface area contributed by atoms with Gasteiger partial charge in [0.25, 0.3) is 0 Å². The SMILES string of the molecule is C=CC(C)(O)CCC1(C)C(C)CCC2(C)C(CO)=CCCC21. The van der Waals surface area contributed by atoms with E-state index in [1.165, 1.54) is 24.8 Å². The van der Waals surface area contributed by atoms with Gasteiger partial charge in [0.05, 0.1) is 12.2 Å². The third-order valence-electron chi connectivity index (χ3n) is 7.15. The van der Waals surface area contributed by atoms with E-state index in [2.05, 4.69) is 33.4 Å². The molecule has 1 fully saturated rings. The summed E-state index contributed by atoms with van der Waals surface area (Å²) >= 11 is 0. The van der Waals surface area contributed by atoms with Crippen molar-refractivity contribution in [3.05, 3.63) is 24.3 Å². The molecule has 0 spiro atoms. The predicted octanol–water partition coefficient (Wildman–Crippen LogP) is 4.47. The van der Waals surface area contributed by atoms with Crippen LogP contribution in [0.3, 0.4) is 0 Å². The molecular weight excluding hydrogens is 272 g/mol. The third-order valence-corrected chi connectivity index (χ3v) is 7.15. The summed E-state index contributed by atoms with van der Waals surface area (Å²) in [5, 5.41) is 20.2. The van der Waals surface area contributed by atoms with Crippen molar-refractivity contribution in [2.24, 2.45) is 22.7 Å². The van der Waals surface area contributed by atoms with E-state index < -0.39 is 5.60 Å². The highest BCUT2D eigenvalue weighted by Gasteiger charge is 2.53. The molecule has 0 amide bonds. The lowest BCUT2D eigenvalue weighted by Crippen LogP contribution is -2.51. The first-order chi connectivity index (χ1) is 10.2. The Morgan fingerprint density at radius 2 is 2.09 bits per heavy atom. The molecular formula is C20H34O2. The van der Waals surface area contributed by atoms with Crippen LogP contribution in [0.5, 0.6) is 0 Å². The first-order valence-corrected chi connectivity index (χ1v) is 8.86. The second-order valence-electron chi connectivity index (χ2n) is 8.44. The molecule has 0 aromatic rings. The van der Waals surface area contributed by atoms with E-state index in [4.69, 9.17) is 0 Å². The molecule has 0 heterocycles. The summed E-state index contributed by atoms with van der Waals surface area (Å²) in [4.78, 5) is 0. The Labute approximate surface area is 136 Å². The van der Waals surface area contributed by atoms with Crippen LogP contribution in [0.25, 0.3) is 0 Å². The van der Waals surface area contributed by atoms with Crippen molar-refractivity contribution in [2.75, 3.05) is 6.61 Å². The fourth-order valence-electron chi connectivity index (χ4n) is 5.07. The van der Waals surface area contributed by atoms with Crippen LogP contribution in [0.2, 0.25) is 0 Å². The lowest BCUT2D eigenvalue weighted by Gasteiger charge is -2.58. The molecule has 2 heteroatoms. The average Bonchev–Trinajstić information content (AvgIpc) is 2.49. The van der Waals surface area contributed by atoms with Gasteiger partial charge in [0, 0.05) is 0 Å². The minimum absolute atomic E-state index is 0.133. The summed E-state index contributed by atoms with van der Waals surface area (Å²) in [7, 11) is 0. The van der Waals surface area contributed by atoms with Crippen molar-refractivity contribution in [3.63, 3.8) is 0 Å². The fraction of sp³-hybridized carbons (Fsp3) is 0.800. The molecule has 0 bridgehead atoms. The van der Waals surface area contributed by atoms with E-state index in [0.717, 1.165) is 19.3 Å². The van der Waals surface area contributed by atoms with Crippen molar-refractivity contribution < 1.29 is 10.2 Å². The van der Waals surface area contributed by atoms with Gasteiger partial charge >= 0.3 is 0 Å². The van der Waals surface area contributed by atoms with E-state index in [1.54, 1.807) is 6.08 Å². The molecule has 0 saturated heterocycles. The number of hydrogen-bond donors (Lipinski definition) is 2. The van der Waals surface area contributed by atoms with Crippen LogP contribution < -0.4 is 0 Å². The Morgan fingerprint density at radius 1 is 1.41 bits per heavy atom. The highest BCUT2D eigenvalue weighted by atomic mass is 16.3. The first kappa shape index (κ1) is 17.7. The van der Waals surface area contributed by atoms with Crippen molar-refractivity contribution in [2.45, 2.75) is 71.8 Å². The van der Waals surface area contributed by atoms with Gasteiger partial charge in [-0.2, -0.15) is 0 Å². The predicted molar refractivity (Wildman–Crippen MR) is 92.6 cm³/mol. The summed E-state index contributed by atoms with van der Waals surface area (Å²) < 4.78 is 0. The average molecular weight is 306 g/mol. The van der Waals surface area contributed by atoms with Crippen LogP contribution in [0.4, 0.5) is 0 Å². The Morgan fingerprint density at radius 3 is 2.68 bits per heavy atom. The van der Waals surface area contributed by atoms with Gasteiger partial charge in [0.15, 0.2) is 0 Å². The van der Waals surface area contributed by atoms with Crippen LogP contribution in [0.15, 0.2) is 24.3 Å². The van der Waals surface area contributed by atoms with E-state index in [1.807, 2.05) is 6.92 Å². The third kappa shape index (κ3) is 2.92. The fourth-order valence-corrected chi connectivity index (χ4v) is 5.07. The topological polar surface area (TPSA) is 40.5 Å². The largest absolute Gasteiger partial charge is 0.392 e. The normalized spacial score (nSPS) is 41.3. The van der Waals surface area contributed by atoms with Gasteiger partial charge in [-0.3, -0.25) is 0 Å². The number of rotatable bonds is 5. The zero-order valence-corrected chi connectivity index (χ0v) is 14.9. The van der Waals surface area contributed by atoms with Gasteiger partial charge in [-0.1, -0.05) is 32.9 Å². The molecule has 2 aliphatic carbocycles. The summed E-state index contributed by atoms with van der Waals surface area (Å²) in [6, 6.07) is 0. The molecule has 5 unspecified atom stereocenters. The van der Waals surface area contributed by atoms with E-state index in [0.29, 0.717) is 11.8 Å². The Balaban J connectivity index is 2.29. The van der Waals surface area contributed by atoms with Crippen molar-refractivity contribution in [1.82, 2.24) is 0 Å². The highest BCUT2D eigenvalue weighted by molar-refractivity contribution is 5.23. The van der Waals surface area contributed by atoms with Gasteiger partial charge in [-0.15, -0.1) is 6.58 Å². The second-order valence-corrected chi connectivity index (χ2v) is 8.44. The van der Waals surface area contributed by atoms with Gasteiger partial charge < -0.3 is 10.2 Å². The minimum atomic E-state index is -0.777. The highest BCUT2D eigenvalue weighted by Crippen LogP contribution is 2.62. The van der Waals surface area contributed by atoms with Crippen LogP contribution in [0, 0.1) is 22.7 Å². The van der Waals surface area contributed by atoms with E-state index in [9.17, 15) is 10.2 Å². The number of fused-ring (bicyclic) bond motifs is 1. The molecule has 5 atom stereocenters. The lowest BCUT2D eigenvalue weighted by molar-refractivity contribution is -0.0616. The molecule has 22 heavy (non-hydrogen) atoms. The van der Waals surface area contributed by atoms with Crippen molar-refractivity contribution in [1.29, 1.82) is 0 Å². The van der Waals surface area contributed by atoms with Gasteiger partial charge in [0.2, 0.25) is 0 Å². The number of aliphatic hydroxyl groups excluding tert-OH is 1. The van der Waals surface area contributed by atoms with Gasteiger partial charge in [-0.25, -0.2) is 0 Å². The van der Waals surface area contributed by atoms with Crippen LogP contribution in [-0.2, 0) is 0 Å². The Bertz CT molecular complexity index is 451. The molecule has 2 rings (SSSR count). The van der Waals surface area contributed by atoms with E-state index >= 15 is 0 Å². The maximum atomic E-state index is 10.3. The summed E-state index contributed by atoms with van der Waals surface area (Å²) in [6.07, 6.45) is 10.4. The molecule has 0 aromatic carbocycles. The van der Waals surface area contributed by atoms with Gasteiger partial charge in [-0.05, 0) is 73.7 Å². The molecule has 126 valence electrons. The zero-order valence-electron chi connectivity index (χ0n) is 14.9. The lowest BCUT2D eigenvalue weighted by atomic mass is 9.46. The van der Waals surface area contributed by atoms with E-state index in [-0.39, 0.29) is 17.4 Å². The monoisotopic (exact) mass is 306 g/mol. The maximum Gasteiger partial charge on any atom is 0.0797 e. The molecule has 0 radical (unpaired) electrons. The minimum Gasteiger partial charge on any atom is -0.392 e. The molecule has 1 saturated carbocycles. The smallest absolute Gasteiger partial charge is 0.0797 e. The summed E-state index contributed by atoms with van der Waals surface area (Å²) in [5.74, 6) is 1.25. The quantitative estimate of drug-likeness (QED) is 0.735.